The molecule has 0 radical (unpaired) electrons. The molecule has 1 aromatic rings. The lowest BCUT2D eigenvalue weighted by Crippen LogP contribution is -2.04. The molecular formula is C5H7NO4. The fourth-order valence-corrected chi connectivity index (χ4v) is 0.573. The molecule has 0 aliphatic carbocycles. The van der Waals surface area contributed by atoms with E-state index < -0.39 is 11.8 Å². The SMILES string of the molecule is CNCc1oc(=O)oc1O. The zero-order valence-electron chi connectivity index (χ0n) is 5.38. The third kappa shape index (κ3) is 1.19. The molecule has 56 valence electrons. The second-order valence-electron chi connectivity index (χ2n) is 1.71. The van der Waals surface area contributed by atoms with E-state index in [9.17, 15) is 4.79 Å². The molecule has 0 fully saturated rings. The zero-order valence-corrected chi connectivity index (χ0v) is 5.38. The molecular weight excluding hydrogens is 138 g/mol. The maximum Gasteiger partial charge on any atom is 0.521 e. The van der Waals surface area contributed by atoms with Crippen molar-refractivity contribution in [1.82, 2.24) is 5.32 Å². The second kappa shape index (κ2) is 2.57. The number of nitrogens with one attached hydrogen (secondary N) is 1. The van der Waals surface area contributed by atoms with Gasteiger partial charge in [0.05, 0.1) is 6.54 Å². The minimum absolute atomic E-state index is 0.118. The third-order valence-electron chi connectivity index (χ3n) is 0.962. The molecule has 1 rings (SSSR count). The van der Waals surface area contributed by atoms with Crippen molar-refractivity contribution in [2.45, 2.75) is 6.54 Å². The molecule has 0 unspecified atom stereocenters. The van der Waals surface area contributed by atoms with Gasteiger partial charge in [-0.05, 0) is 7.05 Å². The average molecular weight is 145 g/mol. The van der Waals surface area contributed by atoms with Gasteiger partial charge in [-0.25, -0.2) is 4.79 Å². The Morgan fingerprint density at radius 1 is 1.60 bits per heavy atom. The molecule has 5 nitrogen and oxygen atoms in total. The lowest BCUT2D eigenvalue weighted by atomic mass is 10.5. The Morgan fingerprint density at radius 3 is 2.70 bits per heavy atom. The van der Waals surface area contributed by atoms with Crippen LogP contribution >= 0.6 is 0 Å². The second-order valence-corrected chi connectivity index (χ2v) is 1.71. The molecule has 0 aromatic carbocycles. The highest BCUT2D eigenvalue weighted by Crippen LogP contribution is 2.12. The summed E-state index contributed by atoms with van der Waals surface area (Å²) in [7, 11) is 1.66. The molecule has 1 aromatic heterocycles. The van der Waals surface area contributed by atoms with Crippen LogP contribution in [0.15, 0.2) is 13.6 Å². The number of hydrogen-bond donors (Lipinski definition) is 2. The quantitative estimate of drug-likeness (QED) is 0.595. The van der Waals surface area contributed by atoms with E-state index in [0.717, 1.165) is 0 Å². The van der Waals surface area contributed by atoms with Crippen LogP contribution in [-0.4, -0.2) is 12.2 Å². The van der Waals surface area contributed by atoms with Crippen LogP contribution in [0.3, 0.4) is 0 Å². The van der Waals surface area contributed by atoms with Gasteiger partial charge in [-0.15, -0.1) is 0 Å². The van der Waals surface area contributed by atoms with Crippen molar-refractivity contribution in [3.05, 3.63) is 16.4 Å². The zero-order chi connectivity index (χ0) is 7.56. The molecule has 0 aliphatic heterocycles. The highest BCUT2D eigenvalue weighted by molar-refractivity contribution is 5.06. The van der Waals surface area contributed by atoms with Gasteiger partial charge in [-0.2, -0.15) is 0 Å². The van der Waals surface area contributed by atoms with Crippen molar-refractivity contribution in [1.29, 1.82) is 0 Å². The lowest BCUT2D eigenvalue weighted by Gasteiger charge is -1.89. The van der Waals surface area contributed by atoms with Crippen molar-refractivity contribution < 1.29 is 13.9 Å². The summed E-state index contributed by atoms with van der Waals surface area (Å²) in [6.45, 7) is 0.275. The van der Waals surface area contributed by atoms with Crippen LogP contribution in [0, 0.1) is 0 Å². The summed E-state index contributed by atoms with van der Waals surface area (Å²) in [6, 6.07) is 0. The van der Waals surface area contributed by atoms with Gasteiger partial charge in [0.1, 0.15) is 0 Å². The van der Waals surface area contributed by atoms with E-state index in [2.05, 4.69) is 14.2 Å². The van der Waals surface area contributed by atoms with Gasteiger partial charge >= 0.3 is 11.8 Å². The summed E-state index contributed by atoms with van der Waals surface area (Å²) in [5.41, 5.74) is 0. The summed E-state index contributed by atoms with van der Waals surface area (Å²) < 4.78 is 8.58. The highest BCUT2D eigenvalue weighted by Gasteiger charge is 2.08. The first-order valence-electron chi connectivity index (χ1n) is 2.70. The first-order valence-corrected chi connectivity index (χ1v) is 2.70. The summed E-state index contributed by atoms with van der Waals surface area (Å²) in [5, 5.41) is 11.4. The number of rotatable bonds is 2. The minimum atomic E-state index is -0.886. The van der Waals surface area contributed by atoms with E-state index in [0.29, 0.717) is 0 Å². The molecule has 0 spiro atoms. The van der Waals surface area contributed by atoms with Crippen LogP contribution in [-0.2, 0) is 6.54 Å². The van der Waals surface area contributed by atoms with Gasteiger partial charge in [-0.3, -0.25) is 0 Å². The van der Waals surface area contributed by atoms with E-state index in [1.54, 1.807) is 7.05 Å². The summed E-state index contributed by atoms with van der Waals surface area (Å²) in [4.78, 5) is 10.3. The molecule has 2 N–H and O–H groups in total. The van der Waals surface area contributed by atoms with Crippen LogP contribution in [0.1, 0.15) is 5.76 Å². The van der Waals surface area contributed by atoms with Gasteiger partial charge in [-0.1, -0.05) is 0 Å². The molecule has 10 heavy (non-hydrogen) atoms. The average Bonchev–Trinajstić information content (AvgIpc) is 2.13. The first kappa shape index (κ1) is 6.88. The van der Waals surface area contributed by atoms with E-state index in [-0.39, 0.29) is 12.3 Å². The monoisotopic (exact) mass is 145 g/mol. The predicted molar refractivity (Wildman–Crippen MR) is 31.7 cm³/mol. The Morgan fingerprint density at radius 2 is 2.30 bits per heavy atom. The van der Waals surface area contributed by atoms with Crippen molar-refractivity contribution >= 4 is 0 Å². The highest BCUT2D eigenvalue weighted by atomic mass is 16.6. The first-order chi connectivity index (χ1) is 4.74. The number of aromatic hydroxyl groups is 1. The van der Waals surface area contributed by atoms with Gasteiger partial charge < -0.3 is 19.3 Å². The lowest BCUT2D eigenvalue weighted by molar-refractivity contribution is 0.303. The van der Waals surface area contributed by atoms with Crippen LogP contribution < -0.4 is 11.1 Å². The van der Waals surface area contributed by atoms with Gasteiger partial charge in [0.15, 0.2) is 0 Å². The fourth-order valence-electron chi connectivity index (χ4n) is 0.573. The van der Waals surface area contributed by atoms with Gasteiger partial charge in [0.2, 0.25) is 5.76 Å². The Bertz CT molecular complexity index is 261. The third-order valence-corrected chi connectivity index (χ3v) is 0.962. The topological polar surface area (TPSA) is 75.6 Å². The van der Waals surface area contributed by atoms with E-state index >= 15 is 0 Å². The smallest absolute Gasteiger partial charge is 0.478 e. The predicted octanol–water partition coefficient (Wildman–Crippen LogP) is -0.342. The molecule has 0 aliphatic rings. The van der Waals surface area contributed by atoms with E-state index in [1.165, 1.54) is 0 Å². The molecule has 0 amide bonds. The Hall–Kier alpha value is -1.23. The molecule has 0 bridgehead atoms. The Balaban J connectivity index is 2.92. The van der Waals surface area contributed by atoms with Gasteiger partial charge in [0, 0.05) is 0 Å². The van der Waals surface area contributed by atoms with Crippen LogP contribution in [0.25, 0.3) is 0 Å². The van der Waals surface area contributed by atoms with Crippen LogP contribution in [0.4, 0.5) is 0 Å². The normalized spacial score (nSPS) is 10.1. The van der Waals surface area contributed by atoms with Crippen LogP contribution in [0.2, 0.25) is 0 Å². The number of hydrogen-bond acceptors (Lipinski definition) is 5. The van der Waals surface area contributed by atoms with E-state index in [1.807, 2.05) is 0 Å². The maximum absolute atomic E-state index is 10.3. The van der Waals surface area contributed by atoms with Crippen molar-refractivity contribution in [3.63, 3.8) is 0 Å². The van der Waals surface area contributed by atoms with Crippen molar-refractivity contribution in [2.24, 2.45) is 0 Å². The summed E-state index contributed by atoms with van der Waals surface area (Å²) in [6.07, 6.45) is 0. The van der Waals surface area contributed by atoms with Gasteiger partial charge in [0.25, 0.3) is 0 Å². The standard InChI is InChI=1S/C5H7NO4/c1-6-2-3-4(7)10-5(8)9-3/h6-7H,2H2,1H3. The van der Waals surface area contributed by atoms with E-state index in [4.69, 9.17) is 5.11 Å². The van der Waals surface area contributed by atoms with Crippen molar-refractivity contribution in [3.8, 4) is 5.95 Å². The van der Waals surface area contributed by atoms with Crippen LogP contribution in [0.5, 0.6) is 5.95 Å². The molecule has 5 heteroatoms. The van der Waals surface area contributed by atoms with Crippen molar-refractivity contribution in [2.75, 3.05) is 7.05 Å². The Kier molecular flexibility index (Phi) is 1.77. The molecule has 1 heterocycles. The summed E-state index contributed by atoms with van der Waals surface area (Å²) in [5.74, 6) is -1.23. The fraction of sp³-hybridized carbons (Fsp3) is 0.400. The maximum atomic E-state index is 10.3. The summed E-state index contributed by atoms with van der Waals surface area (Å²) >= 11 is 0. The molecule has 0 saturated carbocycles. The molecule has 0 atom stereocenters. The Labute approximate surface area is 56.3 Å². The largest absolute Gasteiger partial charge is 0.521 e. The molecule has 0 saturated heterocycles. The minimum Gasteiger partial charge on any atom is -0.478 e.